The molecule has 2 aromatic rings. The largest absolute Gasteiger partial charge is 0.350 e. The molecule has 2 rings (SSSR count). The van der Waals surface area contributed by atoms with Gasteiger partial charge in [0.25, 0.3) is 0 Å². The monoisotopic (exact) mass is 311 g/mol. The fourth-order valence-corrected chi connectivity index (χ4v) is 2.79. The first-order valence-electron chi connectivity index (χ1n) is 6.39. The molecule has 6 heteroatoms. The highest BCUT2D eigenvalue weighted by Gasteiger charge is 2.20. The van der Waals surface area contributed by atoms with Crippen LogP contribution < -0.4 is 10.6 Å². The molecule has 0 aliphatic rings. The Kier molecular flexibility index (Phi) is 4.20. The van der Waals surface area contributed by atoms with Crippen molar-refractivity contribution in [1.82, 2.24) is 10.3 Å². The van der Waals surface area contributed by atoms with E-state index >= 15 is 0 Å². The van der Waals surface area contributed by atoms with Crippen LogP contribution in [0.4, 0.5) is 5.13 Å². The highest BCUT2D eigenvalue weighted by Crippen LogP contribution is 2.28. The van der Waals surface area contributed by atoms with Gasteiger partial charge in [-0.15, -0.1) is 0 Å². The smallest absolute Gasteiger partial charge is 0.242 e. The summed E-state index contributed by atoms with van der Waals surface area (Å²) >= 11 is 7.45. The van der Waals surface area contributed by atoms with Crippen LogP contribution in [0.3, 0.4) is 0 Å². The van der Waals surface area contributed by atoms with E-state index in [9.17, 15) is 4.79 Å². The van der Waals surface area contributed by atoms with Crippen molar-refractivity contribution in [3.8, 4) is 0 Å². The van der Waals surface area contributed by atoms with E-state index in [0.29, 0.717) is 5.02 Å². The third kappa shape index (κ3) is 3.84. The molecule has 0 saturated carbocycles. The highest BCUT2D eigenvalue weighted by molar-refractivity contribution is 7.22. The second-order valence-electron chi connectivity index (χ2n) is 5.74. The zero-order chi connectivity index (χ0) is 14.9. The number of carbonyl (C=O) groups excluding carboxylic acids is 1. The molecule has 1 aromatic carbocycles. The Balaban J connectivity index is 2.09. The molecule has 1 unspecified atom stereocenters. The van der Waals surface area contributed by atoms with Crippen LogP contribution in [-0.4, -0.2) is 22.5 Å². The van der Waals surface area contributed by atoms with Gasteiger partial charge < -0.3 is 10.6 Å². The third-order valence-electron chi connectivity index (χ3n) is 2.58. The van der Waals surface area contributed by atoms with Gasteiger partial charge in [0, 0.05) is 10.6 Å². The molecule has 0 saturated heterocycles. The summed E-state index contributed by atoms with van der Waals surface area (Å²) in [5, 5.41) is 7.44. The van der Waals surface area contributed by atoms with E-state index in [1.807, 2.05) is 45.9 Å². The summed E-state index contributed by atoms with van der Waals surface area (Å²) in [5.74, 6) is -0.0465. The van der Waals surface area contributed by atoms with Crippen molar-refractivity contribution in [2.24, 2.45) is 0 Å². The van der Waals surface area contributed by atoms with E-state index < -0.39 is 0 Å². The number of amides is 1. The Hall–Kier alpha value is -1.33. The van der Waals surface area contributed by atoms with Gasteiger partial charge in [-0.05, 0) is 45.9 Å². The first-order valence-corrected chi connectivity index (χ1v) is 7.59. The first kappa shape index (κ1) is 15.1. The van der Waals surface area contributed by atoms with Gasteiger partial charge in [0.15, 0.2) is 5.13 Å². The second-order valence-corrected chi connectivity index (χ2v) is 7.20. The van der Waals surface area contributed by atoms with Crippen LogP contribution in [0.1, 0.15) is 27.7 Å². The lowest BCUT2D eigenvalue weighted by atomic mass is 10.1. The lowest BCUT2D eigenvalue weighted by Gasteiger charge is -2.23. The molecule has 0 radical (unpaired) electrons. The normalized spacial score (nSPS) is 13.2. The van der Waals surface area contributed by atoms with Gasteiger partial charge in [-0.25, -0.2) is 4.98 Å². The fourth-order valence-electron chi connectivity index (χ4n) is 1.69. The Morgan fingerprint density at radius 2 is 2.10 bits per heavy atom. The van der Waals surface area contributed by atoms with Crippen molar-refractivity contribution in [1.29, 1.82) is 0 Å². The number of thiazole rings is 1. The molecule has 0 aliphatic carbocycles. The van der Waals surface area contributed by atoms with Gasteiger partial charge in [0.05, 0.1) is 10.2 Å². The minimum Gasteiger partial charge on any atom is -0.350 e. The standard InChI is InChI=1S/C14H18ClN3OS/c1-8(12(19)18-14(2,3)4)16-13-17-10-7-9(15)5-6-11(10)20-13/h5-8H,1-4H3,(H,16,17)(H,18,19). The number of nitrogens with zero attached hydrogens (tertiary/aromatic N) is 1. The van der Waals surface area contributed by atoms with Crippen LogP contribution in [-0.2, 0) is 4.79 Å². The van der Waals surface area contributed by atoms with E-state index in [1.165, 1.54) is 11.3 Å². The predicted molar refractivity (Wildman–Crippen MR) is 85.6 cm³/mol. The summed E-state index contributed by atoms with van der Waals surface area (Å²) in [7, 11) is 0. The summed E-state index contributed by atoms with van der Waals surface area (Å²) in [6.07, 6.45) is 0. The van der Waals surface area contributed by atoms with Crippen molar-refractivity contribution < 1.29 is 4.79 Å². The number of hydrogen-bond acceptors (Lipinski definition) is 4. The molecular formula is C14H18ClN3OS. The number of carbonyl (C=O) groups is 1. The second kappa shape index (κ2) is 5.58. The summed E-state index contributed by atoms with van der Waals surface area (Å²) < 4.78 is 1.04. The molecule has 0 spiro atoms. The zero-order valence-corrected chi connectivity index (χ0v) is 13.5. The molecule has 20 heavy (non-hydrogen) atoms. The van der Waals surface area contributed by atoms with E-state index in [-0.39, 0.29) is 17.5 Å². The van der Waals surface area contributed by atoms with Gasteiger partial charge in [-0.2, -0.15) is 0 Å². The number of rotatable bonds is 3. The van der Waals surface area contributed by atoms with E-state index in [1.54, 1.807) is 0 Å². The number of halogens is 1. The maximum absolute atomic E-state index is 12.0. The number of benzene rings is 1. The summed E-state index contributed by atoms with van der Waals surface area (Å²) in [6.45, 7) is 7.69. The lowest BCUT2D eigenvalue weighted by molar-refractivity contribution is -0.122. The molecule has 4 nitrogen and oxygen atoms in total. The van der Waals surface area contributed by atoms with Crippen LogP contribution in [0.25, 0.3) is 10.2 Å². The van der Waals surface area contributed by atoms with E-state index in [4.69, 9.17) is 11.6 Å². The SMILES string of the molecule is CC(Nc1nc2cc(Cl)ccc2s1)C(=O)NC(C)(C)C. The molecular weight excluding hydrogens is 294 g/mol. The van der Waals surface area contributed by atoms with Crippen molar-refractivity contribution in [2.45, 2.75) is 39.3 Å². The van der Waals surface area contributed by atoms with E-state index in [0.717, 1.165) is 15.3 Å². The minimum absolute atomic E-state index is 0.0465. The average Bonchev–Trinajstić information content (AvgIpc) is 2.67. The molecule has 1 aromatic heterocycles. The average molecular weight is 312 g/mol. The quantitative estimate of drug-likeness (QED) is 0.909. The fraction of sp³-hybridized carbons (Fsp3) is 0.429. The molecule has 0 aliphatic heterocycles. The van der Waals surface area contributed by atoms with Gasteiger partial charge in [-0.1, -0.05) is 22.9 Å². The summed E-state index contributed by atoms with van der Waals surface area (Å²) in [6, 6.07) is 5.24. The number of nitrogens with one attached hydrogen (secondary N) is 2. The highest BCUT2D eigenvalue weighted by atomic mass is 35.5. The van der Waals surface area contributed by atoms with Crippen molar-refractivity contribution in [2.75, 3.05) is 5.32 Å². The van der Waals surface area contributed by atoms with Crippen LogP contribution >= 0.6 is 22.9 Å². The van der Waals surface area contributed by atoms with Gasteiger partial charge in [-0.3, -0.25) is 4.79 Å². The molecule has 108 valence electrons. The summed E-state index contributed by atoms with van der Waals surface area (Å²) in [4.78, 5) is 16.4. The minimum atomic E-state index is -0.342. The number of fused-ring (bicyclic) bond motifs is 1. The molecule has 2 N–H and O–H groups in total. The zero-order valence-electron chi connectivity index (χ0n) is 12.0. The lowest BCUT2D eigenvalue weighted by Crippen LogP contribution is -2.47. The topological polar surface area (TPSA) is 54.0 Å². The van der Waals surface area contributed by atoms with Gasteiger partial charge in [0.2, 0.25) is 5.91 Å². The maximum Gasteiger partial charge on any atom is 0.242 e. The number of anilines is 1. The van der Waals surface area contributed by atoms with Crippen molar-refractivity contribution in [3.05, 3.63) is 23.2 Å². The predicted octanol–water partition coefficient (Wildman–Crippen LogP) is 3.66. The Morgan fingerprint density at radius 1 is 1.40 bits per heavy atom. The molecule has 0 fully saturated rings. The van der Waals surface area contributed by atoms with Crippen LogP contribution in [0, 0.1) is 0 Å². The van der Waals surface area contributed by atoms with E-state index in [2.05, 4.69) is 15.6 Å². The molecule has 1 heterocycles. The third-order valence-corrected chi connectivity index (χ3v) is 3.78. The Morgan fingerprint density at radius 3 is 2.75 bits per heavy atom. The molecule has 1 amide bonds. The van der Waals surface area contributed by atoms with Crippen LogP contribution in [0.2, 0.25) is 5.02 Å². The van der Waals surface area contributed by atoms with Crippen LogP contribution in [0.5, 0.6) is 0 Å². The maximum atomic E-state index is 12.0. The van der Waals surface area contributed by atoms with Crippen molar-refractivity contribution >= 4 is 44.2 Å². The Bertz CT molecular complexity index is 633. The van der Waals surface area contributed by atoms with Gasteiger partial charge in [0.1, 0.15) is 6.04 Å². The Labute approximate surface area is 127 Å². The van der Waals surface area contributed by atoms with Crippen LogP contribution in [0.15, 0.2) is 18.2 Å². The number of aromatic nitrogens is 1. The molecule has 1 atom stereocenters. The first-order chi connectivity index (χ1) is 9.24. The van der Waals surface area contributed by atoms with Crippen molar-refractivity contribution in [3.63, 3.8) is 0 Å². The molecule has 0 bridgehead atoms. The summed E-state index contributed by atoms with van der Waals surface area (Å²) in [5.41, 5.74) is 0.599. The van der Waals surface area contributed by atoms with Gasteiger partial charge >= 0.3 is 0 Å². The number of hydrogen-bond donors (Lipinski definition) is 2.